The van der Waals surface area contributed by atoms with E-state index in [9.17, 15) is 10.2 Å². The third-order valence-electron chi connectivity index (χ3n) is 6.00. The highest BCUT2D eigenvalue weighted by Crippen LogP contribution is 2.19. The Bertz CT molecular complexity index is 745. The van der Waals surface area contributed by atoms with Crippen LogP contribution in [0.2, 0.25) is 10.0 Å². The number of aliphatic hydroxyl groups excluding tert-OH is 2. The van der Waals surface area contributed by atoms with Gasteiger partial charge in [-0.3, -0.25) is 0 Å². The predicted molar refractivity (Wildman–Crippen MR) is 136 cm³/mol. The van der Waals surface area contributed by atoms with E-state index in [0.717, 1.165) is 36.8 Å². The lowest BCUT2D eigenvalue weighted by Gasteiger charge is -2.31. The Hall–Kier alpha value is -1.22. The highest BCUT2D eigenvalue weighted by Gasteiger charge is 2.21. The summed E-state index contributed by atoms with van der Waals surface area (Å²) in [6, 6.07) is 15.8. The van der Waals surface area contributed by atoms with Crippen molar-refractivity contribution in [1.82, 2.24) is 10.6 Å². The van der Waals surface area contributed by atoms with Crippen LogP contribution in [0.1, 0.15) is 36.8 Å². The maximum absolute atomic E-state index is 10.2. The van der Waals surface area contributed by atoms with Crippen molar-refractivity contribution in [2.75, 3.05) is 26.3 Å². The van der Waals surface area contributed by atoms with E-state index in [0.29, 0.717) is 61.6 Å². The van der Waals surface area contributed by atoms with Gasteiger partial charge >= 0.3 is 0 Å². The highest BCUT2D eigenvalue weighted by molar-refractivity contribution is 6.30. The number of aliphatic hydroxyl groups is 2. The van der Waals surface area contributed by atoms with Crippen LogP contribution in [0.15, 0.2) is 48.5 Å². The molecule has 2 aromatic carbocycles. The molecule has 1 saturated carbocycles. The Morgan fingerprint density at radius 1 is 0.676 bits per heavy atom. The molecule has 0 amide bonds. The topological polar surface area (TPSA) is 83.0 Å². The van der Waals surface area contributed by atoms with E-state index in [1.54, 1.807) is 0 Å². The molecule has 1 aliphatic carbocycles. The maximum Gasteiger partial charge on any atom is 0.0897 e. The van der Waals surface area contributed by atoms with E-state index < -0.39 is 12.2 Å². The summed E-state index contributed by atoms with van der Waals surface area (Å²) in [6.45, 7) is 2.56. The van der Waals surface area contributed by atoms with Gasteiger partial charge in [0.25, 0.3) is 0 Å². The van der Waals surface area contributed by atoms with Crippen LogP contribution < -0.4 is 10.6 Å². The lowest BCUT2D eigenvalue weighted by atomic mass is 9.91. The molecule has 8 heteroatoms. The second kappa shape index (κ2) is 15.0. The molecule has 6 nitrogen and oxygen atoms in total. The minimum absolute atomic E-state index is 0.296. The molecule has 188 valence electrons. The third-order valence-corrected chi connectivity index (χ3v) is 6.50. The summed E-state index contributed by atoms with van der Waals surface area (Å²) in [6.07, 6.45) is 3.09. The van der Waals surface area contributed by atoms with Crippen molar-refractivity contribution in [2.45, 2.75) is 63.2 Å². The van der Waals surface area contributed by atoms with Crippen molar-refractivity contribution < 1.29 is 19.7 Å². The molecule has 0 unspecified atom stereocenters. The molecule has 0 heterocycles. The van der Waals surface area contributed by atoms with Crippen LogP contribution in [0, 0.1) is 0 Å². The molecule has 2 aromatic rings. The predicted octanol–water partition coefficient (Wildman–Crippen LogP) is 3.94. The van der Waals surface area contributed by atoms with Gasteiger partial charge in [-0.2, -0.15) is 0 Å². The number of ether oxygens (including phenoxy) is 2. The fourth-order valence-electron chi connectivity index (χ4n) is 4.01. The molecule has 0 spiro atoms. The molecule has 1 fully saturated rings. The van der Waals surface area contributed by atoms with E-state index in [4.69, 9.17) is 32.7 Å². The Balaban J connectivity index is 1.19. The van der Waals surface area contributed by atoms with Crippen LogP contribution in [0.5, 0.6) is 0 Å². The van der Waals surface area contributed by atoms with E-state index in [1.807, 2.05) is 48.5 Å². The summed E-state index contributed by atoms with van der Waals surface area (Å²) in [4.78, 5) is 0. The average molecular weight is 511 g/mol. The summed E-state index contributed by atoms with van der Waals surface area (Å²) in [5.74, 6) is 0. The molecule has 0 aliphatic heterocycles. The monoisotopic (exact) mass is 510 g/mol. The molecule has 0 saturated heterocycles. The average Bonchev–Trinajstić information content (AvgIpc) is 2.84. The lowest BCUT2D eigenvalue weighted by Crippen LogP contribution is -2.44. The smallest absolute Gasteiger partial charge is 0.0897 e. The molecule has 0 aromatic heterocycles. The second-order valence-electron chi connectivity index (χ2n) is 8.96. The zero-order valence-electron chi connectivity index (χ0n) is 19.5. The number of nitrogens with one attached hydrogen (secondary N) is 2. The number of halogens is 2. The number of hydrogen-bond donors (Lipinski definition) is 4. The van der Waals surface area contributed by atoms with Crippen molar-refractivity contribution >= 4 is 23.2 Å². The second-order valence-corrected chi connectivity index (χ2v) is 9.83. The van der Waals surface area contributed by atoms with Gasteiger partial charge in [0.1, 0.15) is 0 Å². The minimum atomic E-state index is -0.536. The van der Waals surface area contributed by atoms with Gasteiger partial charge < -0.3 is 30.3 Å². The number of rotatable bonds is 14. The SMILES string of the molecule is O[C@@H](CNC1CCC(NC[C@H](O)COCc2ccc(Cl)cc2)CC1)COCc1ccc(Cl)cc1. The zero-order valence-corrected chi connectivity index (χ0v) is 21.0. The quantitative estimate of drug-likeness (QED) is 0.308. The summed E-state index contributed by atoms with van der Waals surface area (Å²) < 4.78 is 11.2. The first-order valence-corrected chi connectivity index (χ1v) is 12.7. The molecular formula is C26H36Cl2N2O4. The molecule has 3 rings (SSSR count). The lowest BCUT2D eigenvalue weighted by molar-refractivity contribution is 0.0250. The molecule has 34 heavy (non-hydrogen) atoms. The van der Waals surface area contributed by atoms with Gasteiger partial charge in [0.05, 0.1) is 38.6 Å². The molecule has 2 atom stereocenters. The van der Waals surface area contributed by atoms with Crippen molar-refractivity contribution in [2.24, 2.45) is 0 Å². The van der Waals surface area contributed by atoms with E-state index in [2.05, 4.69) is 10.6 Å². The summed E-state index contributed by atoms with van der Waals surface area (Å²) >= 11 is 11.8. The van der Waals surface area contributed by atoms with Crippen molar-refractivity contribution in [3.63, 3.8) is 0 Å². The van der Waals surface area contributed by atoms with E-state index in [-0.39, 0.29) is 0 Å². The van der Waals surface area contributed by atoms with Crippen molar-refractivity contribution in [3.05, 3.63) is 69.7 Å². The standard InChI is InChI=1S/C26H36Cl2N2O4/c27-21-5-1-19(2-6-21)15-33-17-25(31)13-29-23-9-11-24(12-10-23)30-14-26(32)18-34-16-20-3-7-22(28)8-4-20/h1-8,23-26,29-32H,9-18H2/t23?,24?,25-,26-/m0/s1. The Labute approximate surface area is 212 Å². The van der Waals surface area contributed by atoms with Gasteiger partial charge in [-0.25, -0.2) is 0 Å². The number of hydrogen-bond acceptors (Lipinski definition) is 6. The molecular weight excluding hydrogens is 475 g/mol. The van der Waals surface area contributed by atoms with Crippen LogP contribution in [0.3, 0.4) is 0 Å². The van der Waals surface area contributed by atoms with Gasteiger partial charge in [-0.1, -0.05) is 47.5 Å². The molecule has 1 aliphatic rings. The highest BCUT2D eigenvalue weighted by atomic mass is 35.5. The normalized spacial score (nSPS) is 20.2. The Morgan fingerprint density at radius 3 is 1.38 bits per heavy atom. The van der Waals surface area contributed by atoms with Gasteiger partial charge in [0, 0.05) is 35.2 Å². The first-order valence-electron chi connectivity index (χ1n) is 11.9. The van der Waals surface area contributed by atoms with E-state index >= 15 is 0 Å². The van der Waals surface area contributed by atoms with Gasteiger partial charge in [-0.15, -0.1) is 0 Å². The zero-order chi connectivity index (χ0) is 24.2. The summed E-state index contributed by atoms with van der Waals surface area (Å²) in [7, 11) is 0. The molecule has 0 radical (unpaired) electrons. The minimum Gasteiger partial charge on any atom is -0.389 e. The molecule has 4 N–H and O–H groups in total. The van der Waals surface area contributed by atoms with Crippen LogP contribution in [0.4, 0.5) is 0 Å². The Kier molecular flexibility index (Phi) is 12.1. The van der Waals surface area contributed by atoms with Crippen molar-refractivity contribution in [3.8, 4) is 0 Å². The number of benzene rings is 2. The first kappa shape index (κ1) is 27.4. The molecule has 0 bridgehead atoms. The summed E-state index contributed by atoms with van der Waals surface area (Å²) in [5, 5.41) is 28.7. The maximum atomic E-state index is 10.2. The van der Waals surface area contributed by atoms with Crippen molar-refractivity contribution in [1.29, 1.82) is 0 Å². The van der Waals surface area contributed by atoms with Crippen LogP contribution in [-0.2, 0) is 22.7 Å². The fourth-order valence-corrected chi connectivity index (χ4v) is 4.26. The van der Waals surface area contributed by atoms with Gasteiger partial charge in [-0.05, 0) is 61.1 Å². The van der Waals surface area contributed by atoms with Gasteiger partial charge in [0.2, 0.25) is 0 Å². The van der Waals surface area contributed by atoms with Crippen LogP contribution >= 0.6 is 23.2 Å². The van der Waals surface area contributed by atoms with Crippen LogP contribution in [-0.4, -0.2) is 60.8 Å². The van der Waals surface area contributed by atoms with Crippen LogP contribution in [0.25, 0.3) is 0 Å². The van der Waals surface area contributed by atoms with Gasteiger partial charge in [0.15, 0.2) is 0 Å². The first-order chi connectivity index (χ1) is 16.5. The third kappa shape index (κ3) is 10.6. The summed E-state index contributed by atoms with van der Waals surface area (Å²) in [5.41, 5.74) is 2.07. The fraction of sp³-hybridized carbons (Fsp3) is 0.538. The largest absolute Gasteiger partial charge is 0.389 e. The Morgan fingerprint density at radius 2 is 1.03 bits per heavy atom. The van der Waals surface area contributed by atoms with E-state index in [1.165, 1.54) is 0 Å².